The van der Waals surface area contributed by atoms with Crippen molar-refractivity contribution < 1.29 is 24.9 Å². The molecule has 1 aliphatic rings. The SMILES string of the molecule is CCC(CC)C(=O)/C=C(\[N-]C(C)C)C(CC)CC.Cc1cc(C)c2c(C)cc(-c3[c-]ccc4c3-c3sc5ccc(CC(C)C)cc5c3C4(C)C)nc2c1.[Ir]. The minimum atomic E-state index is -0.0533. The van der Waals surface area contributed by atoms with Crippen molar-refractivity contribution in [3.05, 3.63) is 105 Å². The summed E-state index contributed by atoms with van der Waals surface area (Å²) < 4.78 is 1.38. The molecular weight excluding hydrogens is 857 g/mol. The number of thiophene rings is 1. The van der Waals surface area contributed by atoms with Gasteiger partial charge in [-0.2, -0.15) is 5.70 Å². The molecule has 0 atom stereocenters. The largest absolute Gasteiger partial charge is 0.685 e. The molecule has 5 heteroatoms. The molecule has 2 aromatic heterocycles. The number of hydrogen-bond donors (Lipinski definition) is 0. The van der Waals surface area contributed by atoms with Gasteiger partial charge in [0.1, 0.15) is 0 Å². The maximum atomic E-state index is 12.2. The zero-order valence-corrected chi connectivity index (χ0v) is 38.3. The van der Waals surface area contributed by atoms with E-state index in [0.29, 0.717) is 11.8 Å². The zero-order valence-electron chi connectivity index (χ0n) is 35.1. The molecule has 0 N–H and O–H groups in total. The summed E-state index contributed by atoms with van der Waals surface area (Å²) in [6.45, 7) is 28.5. The minimum absolute atomic E-state index is 0. The zero-order chi connectivity index (χ0) is 38.8. The Kier molecular flexibility index (Phi) is 14.7. The van der Waals surface area contributed by atoms with E-state index in [2.05, 4.69) is 150 Å². The van der Waals surface area contributed by atoms with Crippen LogP contribution in [0.2, 0.25) is 0 Å². The van der Waals surface area contributed by atoms with Crippen molar-refractivity contribution >= 4 is 38.1 Å². The minimum Gasteiger partial charge on any atom is -0.685 e. The molecule has 1 radical (unpaired) electrons. The molecule has 0 aliphatic heterocycles. The van der Waals surface area contributed by atoms with Gasteiger partial charge in [-0.05, 0) is 119 Å². The van der Waals surface area contributed by atoms with Gasteiger partial charge in [-0.15, -0.1) is 46.7 Å². The molecule has 3 nitrogen and oxygen atoms in total. The molecule has 0 bridgehead atoms. The van der Waals surface area contributed by atoms with Crippen molar-refractivity contribution in [1.82, 2.24) is 4.98 Å². The summed E-state index contributed by atoms with van der Waals surface area (Å²) in [4.78, 5) is 18.8. The maximum absolute atomic E-state index is 12.2. The van der Waals surface area contributed by atoms with E-state index in [0.717, 1.165) is 54.6 Å². The first kappa shape index (κ1) is 43.6. The first-order chi connectivity index (χ1) is 25.1. The Balaban J connectivity index is 0.000000294. The molecule has 5 aromatic rings. The Bertz CT molecular complexity index is 2130. The standard InChI is InChI=1S/C33H32NS.C16H31NO.Ir/c1-18(2)13-22-11-12-28-24(17-22)31-32(35-28)30-23(9-8-10-25(30)33(31,6)7)26-16-21(5)29-20(4)14-19(3)15-27(29)34-26;1-7-13(8-2)15(17-12(5)6)11-16(18)14(9-3)10-4;/h8,10-12,14-18H,13H2,1-7H3;11-14H,7-10H2,1-6H3,(H,17,18);/q-1;;/p-1. The fourth-order valence-corrected chi connectivity index (χ4v) is 9.87. The van der Waals surface area contributed by atoms with Crippen LogP contribution in [0.4, 0.5) is 0 Å². The molecular formula is C49H62IrN2OS-2. The van der Waals surface area contributed by atoms with Gasteiger partial charge in [0.25, 0.3) is 0 Å². The van der Waals surface area contributed by atoms with Gasteiger partial charge in [0.05, 0.1) is 5.52 Å². The van der Waals surface area contributed by atoms with E-state index in [1.807, 2.05) is 17.4 Å². The van der Waals surface area contributed by atoms with Crippen LogP contribution < -0.4 is 0 Å². The number of carbonyl (C=O) groups is 1. The summed E-state index contributed by atoms with van der Waals surface area (Å²) in [5.41, 5.74) is 13.7. The van der Waals surface area contributed by atoms with Crippen LogP contribution in [-0.2, 0) is 36.7 Å². The first-order valence-corrected chi connectivity index (χ1v) is 20.9. The summed E-state index contributed by atoms with van der Waals surface area (Å²) in [5, 5.41) is 7.34. The van der Waals surface area contributed by atoms with Gasteiger partial charge in [-0.25, -0.2) is 0 Å². The number of pyridine rings is 1. The van der Waals surface area contributed by atoms with E-state index in [-0.39, 0.29) is 43.3 Å². The quantitative estimate of drug-likeness (QED) is 0.0924. The Morgan fingerprint density at radius 3 is 2.15 bits per heavy atom. The van der Waals surface area contributed by atoms with Gasteiger partial charge in [-0.3, -0.25) is 9.78 Å². The van der Waals surface area contributed by atoms with E-state index >= 15 is 0 Å². The Labute approximate surface area is 344 Å². The molecule has 3 aromatic carbocycles. The maximum Gasteiger partial charge on any atom is 0.157 e. The van der Waals surface area contributed by atoms with Gasteiger partial charge >= 0.3 is 0 Å². The van der Waals surface area contributed by atoms with E-state index in [1.165, 1.54) is 59.3 Å². The molecule has 0 unspecified atom stereocenters. The van der Waals surface area contributed by atoms with Gasteiger partial charge in [-0.1, -0.05) is 112 Å². The van der Waals surface area contributed by atoms with E-state index in [9.17, 15) is 4.79 Å². The number of aryl methyl sites for hydroxylation is 3. The van der Waals surface area contributed by atoms with Crippen LogP contribution >= 0.6 is 11.3 Å². The molecule has 0 spiro atoms. The predicted molar refractivity (Wildman–Crippen MR) is 231 cm³/mol. The number of allylic oxidation sites excluding steroid dienone is 2. The molecule has 54 heavy (non-hydrogen) atoms. The summed E-state index contributed by atoms with van der Waals surface area (Å²) in [6.07, 6.45) is 6.87. The first-order valence-electron chi connectivity index (χ1n) is 20.1. The van der Waals surface area contributed by atoms with Gasteiger partial charge in [0.2, 0.25) is 0 Å². The Morgan fingerprint density at radius 2 is 1.54 bits per heavy atom. The third-order valence-electron chi connectivity index (χ3n) is 11.1. The monoisotopic (exact) mass is 919 g/mol. The molecule has 0 fully saturated rings. The third kappa shape index (κ3) is 8.96. The molecule has 291 valence electrons. The van der Waals surface area contributed by atoms with Gasteiger partial charge in [0, 0.05) is 36.1 Å². The fraction of sp³-hybridized carbons (Fsp3) is 0.469. The third-order valence-corrected chi connectivity index (χ3v) is 12.3. The molecule has 2 heterocycles. The van der Waals surface area contributed by atoms with Crippen molar-refractivity contribution in [2.75, 3.05) is 0 Å². The van der Waals surface area contributed by atoms with Crippen LogP contribution in [0, 0.1) is 44.6 Å². The fourth-order valence-electron chi connectivity index (χ4n) is 8.47. The van der Waals surface area contributed by atoms with Gasteiger partial charge < -0.3 is 5.32 Å². The topological polar surface area (TPSA) is 44.1 Å². The number of fused-ring (bicyclic) bond motifs is 6. The average molecular weight is 919 g/mol. The van der Waals surface area contributed by atoms with Crippen molar-refractivity contribution in [3.63, 3.8) is 0 Å². The van der Waals surface area contributed by atoms with E-state index in [4.69, 9.17) is 4.98 Å². The van der Waals surface area contributed by atoms with Crippen LogP contribution in [0.25, 0.3) is 48.0 Å². The normalized spacial score (nSPS) is 13.4. The van der Waals surface area contributed by atoms with Crippen LogP contribution in [0.1, 0.15) is 128 Å². The van der Waals surface area contributed by atoms with Crippen molar-refractivity contribution in [2.24, 2.45) is 17.8 Å². The number of hydrogen-bond acceptors (Lipinski definition) is 3. The van der Waals surface area contributed by atoms with Crippen LogP contribution in [0.15, 0.2) is 60.3 Å². The molecule has 0 saturated carbocycles. The second-order valence-corrected chi connectivity index (χ2v) is 17.6. The number of carbonyl (C=O) groups excluding carboxylic acids is 1. The van der Waals surface area contributed by atoms with Crippen LogP contribution in [0.3, 0.4) is 0 Å². The second kappa shape index (κ2) is 18.2. The van der Waals surface area contributed by atoms with Crippen LogP contribution in [0.5, 0.6) is 0 Å². The predicted octanol–water partition coefficient (Wildman–Crippen LogP) is 14.4. The Hall–Kier alpha value is -3.11. The van der Waals surface area contributed by atoms with Gasteiger partial charge in [0.15, 0.2) is 5.78 Å². The summed E-state index contributed by atoms with van der Waals surface area (Å²) in [5.74, 6) is 1.49. The number of aromatic nitrogens is 1. The van der Waals surface area contributed by atoms with Crippen molar-refractivity contribution in [2.45, 2.75) is 134 Å². The van der Waals surface area contributed by atoms with E-state index in [1.54, 1.807) is 0 Å². The summed E-state index contributed by atoms with van der Waals surface area (Å²) in [7, 11) is 0. The summed E-state index contributed by atoms with van der Waals surface area (Å²) >= 11 is 1.93. The van der Waals surface area contributed by atoms with Crippen molar-refractivity contribution in [3.8, 4) is 21.7 Å². The smallest absolute Gasteiger partial charge is 0.157 e. The molecule has 0 amide bonds. The molecule has 1 aliphatic carbocycles. The number of benzene rings is 3. The average Bonchev–Trinajstić information content (AvgIpc) is 3.57. The number of nitrogens with zero attached hydrogens (tertiary/aromatic N) is 2. The van der Waals surface area contributed by atoms with Crippen molar-refractivity contribution in [1.29, 1.82) is 0 Å². The molecule has 0 saturated heterocycles. The number of rotatable bonds is 12. The number of ketones is 1. The molecule has 6 rings (SSSR count). The van der Waals surface area contributed by atoms with Crippen LogP contribution in [-0.4, -0.2) is 16.8 Å². The second-order valence-electron chi connectivity index (χ2n) is 16.5. The van der Waals surface area contributed by atoms with E-state index < -0.39 is 0 Å². The summed E-state index contributed by atoms with van der Waals surface area (Å²) in [6, 6.07) is 22.1. The Morgan fingerprint density at radius 1 is 0.889 bits per heavy atom.